The van der Waals surface area contributed by atoms with Gasteiger partial charge in [-0.25, -0.2) is 14.3 Å². The van der Waals surface area contributed by atoms with E-state index in [0.29, 0.717) is 23.1 Å². The molecule has 186 valence electrons. The van der Waals surface area contributed by atoms with E-state index < -0.39 is 17.7 Å². The average Bonchev–Trinajstić information content (AvgIpc) is 3.17. The van der Waals surface area contributed by atoms with Crippen molar-refractivity contribution in [2.24, 2.45) is 0 Å². The number of nitrogens with zero attached hydrogens (tertiary/aromatic N) is 2. The van der Waals surface area contributed by atoms with Crippen molar-refractivity contribution < 1.29 is 14.3 Å². The molecule has 0 spiro atoms. The van der Waals surface area contributed by atoms with E-state index in [1.807, 2.05) is 51.1 Å². The van der Waals surface area contributed by atoms with Gasteiger partial charge in [-0.2, -0.15) is 5.10 Å². The van der Waals surface area contributed by atoms with Crippen LogP contribution in [0, 0.1) is 0 Å². The summed E-state index contributed by atoms with van der Waals surface area (Å²) in [5.74, 6) is 0.529. The summed E-state index contributed by atoms with van der Waals surface area (Å²) >= 11 is 5.92. The number of nitrogens with one attached hydrogen (secondary N) is 3. The van der Waals surface area contributed by atoms with E-state index in [2.05, 4.69) is 36.7 Å². The number of hydrogen-bond donors (Lipinski definition) is 3. The molecule has 0 atom stereocenters. The molecular weight excluding hydrogens is 466 g/mol. The first-order valence-electron chi connectivity index (χ1n) is 11.3. The van der Waals surface area contributed by atoms with Crippen LogP contribution in [0.5, 0.6) is 0 Å². The SMILES string of the molecule is CC(C)(C)OC(=O)NCc1ccc(-n2nc(C(C)(C)C)cc2NC(=O)Nc2ccc(Cl)cc2)cc1. The van der Waals surface area contributed by atoms with Crippen LogP contribution in [0.2, 0.25) is 5.02 Å². The van der Waals surface area contributed by atoms with Gasteiger partial charge in [0.25, 0.3) is 0 Å². The number of aromatic nitrogens is 2. The molecule has 8 nitrogen and oxygen atoms in total. The lowest BCUT2D eigenvalue weighted by Gasteiger charge is -2.19. The molecule has 0 radical (unpaired) electrons. The Balaban J connectivity index is 1.76. The Kier molecular flexibility index (Phi) is 7.75. The third kappa shape index (κ3) is 7.75. The highest BCUT2D eigenvalue weighted by Crippen LogP contribution is 2.27. The van der Waals surface area contributed by atoms with Crippen molar-refractivity contribution in [1.82, 2.24) is 15.1 Å². The number of carbonyl (C=O) groups is 2. The van der Waals surface area contributed by atoms with Crippen molar-refractivity contribution in [3.63, 3.8) is 0 Å². The summed E-state index contributed by atoms with van der Waals surface area (Å²) in [7, 11) is 0. The van der Waals surface area contributed by atoms with Gasteiger partial charge in [0, 0.05) is 28.7 Å². The molecule has 3 N–H and O–H groups in total. The zero-order valence-corrected chi connectivity index (χ0v) is 21.7. The number of alkyl carbamates (subject to hydrolysis) is 1. The second-order valence-corrected chi connectivity index (χ2v) is 10.6. The minimum atomic E-state index is -0.554. The molecule has 1 heterocycles. The predicted octanol–water partition coefficient (Wildman–Crippen LogP) is 6.49. The highest BCUT2D eigenvalue weighted by Gasteiger charge is 2.22. The van der Waals surface area contributed by atoms with Gasteiger partial charge in [0.1, 0.15) is 11.4 Å². The quantitative estimate of drug-likeness (QED) is 0.375. The van der Waals surface area contributed by atoms with E-state index in [9.17, 15) is 9.59 Å². The van der Waals surface area contributed by atoms with Crippen LogP contribution < -0.4 is 16.0 Å². The molecule has 0 aliphatic heterocycles. The van der Waals surface area contributed by atoms with Crippen molar-refractivity contribution in [3.05, 3.63) is 70.9 Å². The number of halogens is 1. The van der Waals surface area contributed by atoms with Crippen molar-refractivity contribution in [2.75, 3.05) is 10.6 Å². The van der Waals surface area contributed by atoms with Gasteiger partial charge >= 0.3 is 12.1 Å². The van der Waals surface area contributed by atoms with Gasteiger partial charge in [0.2, 0.25) is 0 Å². The van der Waals surface area contributed by atoms with Gasteiger partial charge in [-0.1, -0.05) is 44.5 Å². The van der Waals surface area contributed by atoms with E-state index >= 15 is 0 Å². The van der Waals surface area contributed by atoms with Gasteiger partial charge in [0.05, 0.1) is 11.4 Å². The van der Waals surface area contributed by atoms with E-state index in [0.717, 1.165) is 16.9 Å². The molecule has 0 aliphatic rings. The third-order valence-corrected chi connectivity index (χ3v) is 5.09. The molecule has 0 aliphatic carbocycles. The minimum Gasteiger partial charge on any atom is -0.444 e. The number of amides is 3. The standard InChI is InChI=1S/C26H32ClN5O3/c1-25(2,3)21-15-22(30-23(33)29-19-11-9-18(27)10-12-19)32(31-21)20-13-7-17(8-14-20)16-28-24(34)35-26(4,5)6/h7-15H,16H2,1-6H3,(H,28,34)(H2,29,30,33). The van der Waals surface area contributed by atoms with Crippen LogP contribution in [-0.2, 0) is 16.7 Å². The smallest absolute Gasteiger partial charge is 0.407 e. The fourth-order valence-electron chi connectivity index (χ4n) is 3.09. The maximum Gasteiger partial charge on any atom is 0.407 e. The van der Waals surface area contributed by atoms with E-state index in [4.69, 9.17) is 21.4 Å². The molecule has 35 heavy (non-hydrogen) atoms. The van der Waals surface area contributed by atoms with Crippen LogP contribution in [0.25, 0.3) is 5.69 Å². The third-order valence-electron chi connectivity index (χ3n) is 4.84. The van der Waals surface area contributed by atoms with Crippen molar-refractivity contribution in [2.45, 2.75) is 59.1 Å². The number of hydrogen-bond acceptors (Lipinski definition) is 4. The zero-order valence-electron chi connectivity index (χ0n) is 20.9. The summed E-state index contributed by atoms with van der Waals surface area (Å²) in [5, 5.41) is 13.8. The first-order valence-corrected chi connectivity index (χ1v) is 11.7. The van der Waals surface area contributed by atoms with Crippen molar-refractivity contribution in [3.8, 4) is 5.69 Å². The van der Waals surface area contributed by atoms with Crippen molar-refractivity contribution >= 4 is 35.2 Å². The molecule has 3 rings (SSSR count). The number of benzene rings is 2. The molecule has 0 saturated carbocycles. The molecule has 9 heteroatoms. The predicted molar refractivity (Wildman–Crippen MR) is 139 cm³/mol. The first kappa shape index (κ1) is 26.1. The highest BCUT2D eigenvalue weighted by atomic mass is 35.5. The second-order valence-electron chi connectivity index (χ2n) is 10.2. The molecule has 0 fully saturated rings. The van der Waals surface area contributed by atoms with Crippen molar-refractivity contribution in [1.29, 1.82) is 0 Å². The minimum absolute atomic E-state index is 0.217. The summed E-state index contributed by atoms with van der Waals surface area (Å²) < 4.78 is 6.96. The summed E-state index contributed by atoms with van der Waals surface area (Å²) in [6.07, 6.45) is -0.471. The summed E-state index contributed by atoms with van der Waals surface area (Å²) in [5.41, 5.74) is 2.35. The topological polar surface area (TPSA) is 97.3 Å². The highest BCUT2D eigenvalue weighted by molar-refractivity contribution is 6.30. The van der Waals surface area contributed by atoms with Crippen LogP contribution in [0.1, 0.15) is 52.8 Å². The van der Waals surface area contributed by atoms with Crippen LogP contribution in [0.3, 0.4) is 0 Å². The first-order chi connectivity index (χ1) is 16.3. The zero-order chi connectivity index (χ0) is 25.8. The summed E-state index contributed by atoms with van der Waals surface area (Å²) in [4.78, 5) is 24.6. The molecule has 3 amide bonds. The molecule has 1 aromatic heterocycles. The maximum atomic E-state index is 12.7. The average molecular weight is 498 g/mol. The normalized spacial score (nSPS) is 11.6. The number of anilines is 2. The van der Waals surface area contributed by atoms with Gasteiger partial charge in [0.15, 0.2) is 0 Å². The van der Waals surface area contributed by atoms with Gasteiger partial charge in [-0.05, 0) is 62.7 Å². The van der Waals surface area contributed by atoms with Crippen LogP contribution >= 0.6 is 11.6 Å². The van der Waals surface area contributed by atoms with E-state index in [1.165, 1.54) is 0 Å². The maximum absolute atomic E-state index is 12.7. The monoisotopic (exact) mass is 497 g/mol. The number of urea groups is 1. The Morgan fingerprint density at radius 3 is 2.14 bits per heavy atom. The van der Waals surface area contributed by atoms with Crippen LogP contribution in [0.15, 0.2) is 54.6 Å². The van der Waals surface area contributed by atoms with Gasteiger partial charge in [-0.15, -0.1) is 0 Å². The molecule has 0 unspecified atom stereocenters. The molecule has 0 bridgehead atoms. The summed E-state index contributed by atoms with van der Waals surface area (Å²) in [6.45, 7) is 12.0. The number of ether oxygens (including phenoxy) is 1. The fourth-order valence-corrected chi connectivity index (χ4v) is 3.21. The van der Waals surface area contributed by atoms with E-state index in [1.54, 1.807) is 28.9 Å². The van der Waals surface area contributed by atoms with Gasteiger partial charge in [-0.3, -0.25) is 5.32 Å². The summed E-state index contributed by atoms with van der Waals surface area (Å²) in [6, 6.07) is 15.9. The van der Waals surface area contributed by atoms with E-state index in [-0.39, 0.29) is 5.41 Å². The van der Waals surface area contributed by atoms with Gasteiger partial charge < -0.3 is 15.4 Å². The Bertz CT molecular complexity index is 1170. The Morgan fingerprint density at radius 2 is 1.57 bits per heavy atom. The Morgan fingerprint density at radius 1 is 0.943 bits per heavy atom. The lowest BCUT2D eigenvalue weighted by Crippen LogP contribution is -2.32. The Labute approximate surface area is 211 Å². The lowest BCUT2D eigenvalue weighted by atomic mass is 9.92. The number of rotatable bonds is 5. The van der Waals surface area contributed by atoms with Crippen LogP contribution in [0.4, 0.5) is 21.1 Å². The lowest BCUT2D eigenvalue weighted by molar-refractivity contribution is 0.0523. The molecule has 3 aromatic rings. The molecule has 2 aromatic carbocycles. The second kappa shape index (κ2) is 10.4. The Hall–Kier alpha value is -3.52. The number of carbonyl (C=O) groups excluding carboxylic acids is 2. The molecule has 0 saturated heterocycles. The largest absolute Gasteiger partial charge is 0.444 e. The molecular formula is C26H32ClN5O3. The fraction of sp³-hybridized carbons (Fsp3) is 0.346. The van der Waals surface area contributed by atoms with Crippen LogP contribution in [-0.4, -0.2) is 27.5 Å².